The van der Waals surface area contributed by atoms with Crippen molar-refractivity contribution in [2.45, 2.75) is 94.9 Å². The maximum atomic E-state index is 14.9. The molecular weight excluding hydrogens is 878 g/mol. The molecule has 68 heavy (non-hydrogen) atoms. The molecule has 1 saturated heterocycles. The molecule has 7 atom stereocenters. The highest BCUT2D eigenvalue weighted by atomic mass is 19.1. The zero-order valence-electron chi connectivity index (χ0n) is 38.5. The van der Waals surface area contributed by atoms with Gasteiger partial charge in [0, 0.05) is 67.9 Å². The SMILES string of the molecule is C=CCOC12Oc3ccc(OCc4ccccc4F)cc3C3C(CCCCO)C(CCCCO)C=C(C(=NOC4CCCCO4)CC1N(CCOCCO)C(=O)C=Cc1ccc([N+](=O)[O-])cc1)C32. The third-order valence-electron chi connectivity index (χ3n) is 13.3. The van der Waals surface area contributed by atoms with Gasteiger partial charge in [-0.2, -0.15) is 0 Å². The smallest absolute Gasteiger partial charge is 0.269 e. The Morgan fingerprint density at radius 2 is 1.79 bits per heavy atom. The van der Waals surface area contributed by atoms with Crippen LogP contribution in [-0.2, 0) is 30.4 Å². The topological polar surface area (TPSA) is 192 Å². The molecule has 366 valence electrons. The van der Waals surface area contributed by atoms with Crippen molar-refractivity contribution in [3.8, 4) is 11.5 Å². The summed E-state index contributed by atoms with van der Waals surface area (Å²) in [6, 6.07) is 17.0. The van der Waals surface area contributed by atoms with Crippen LogP contribution in [0.2, 0.25) is 0 Å². The lowest BCUT2D eigenvalue weighted by Gasteiger charge is -2.60. The van der Waals surface area contributed by atoms with Crippen molar-refractivity contribution < 1.29 is 57.9 Å². The largest absolute Gasteiger partial charge is 0.489 e. The average Bonchev–Trinajstić information content (AvgIpc) is 3.35. The third-order valence-corrected chi connectivity index (χ3v) is 13.3. The highest BCUT2D eigenvalue weighted by Gasteiger charge is 2.65. The van der Waals surface area contributed by atoms with E-state index in [0.29, 0.717) is 60.6 Å². The van der Waals surface area contributed by atoms with Gasteiger partial charge in [0.25, 0.3) is 5.69 Å². The Hall–Kier alpha value is -5.49. The van der Waals surface area contributed by atoms with E-state index in [0.717, 1.165) is 43.2 Å². The molecule has 2 fully saturated rings. The number of unbranched alkanes of at least 4 members (excludes halogenated alkanes) is 2. The summed E-state index contributed by atoms with van der Waals surface area (Å²) in [7, 11) is 0. The van der Waals surface area contributed by atoms with Gasteiger partial charge in [-0.15, -0.1) is 6.58 Å². The van der Waals surface area contributed by atoms with Crippen molar-refractivity contribution in [3.05, 3.63) is 130 Å². The Balaban J connectivity index is 1.41. The molecule has 1 saturated carbocycles. The molecule has 3 aromatic rings. The first-order valence-corrected chi connectivity index (χ1v) is 23.8. The van der Waals surface area contributed by atoms with E-state index < -0.39 is 34.9 Å². The van der Waals surface area contributed by atoms with Crippen LogP contribution in [0.5, 0.6) is 11.5 Å². The Morgan fingerprint density at radius 3 is 2.51 bits per heavy atom. The minimum atomic E-state index is -1.58. The van der Waals surface area contributed by atoms with E-state index in [1.165, 1.54) is 24.3 Å². The van der Waals surface area contributed by atoms with Gasteiger partial charge in [-0.25, -0.2) is 4.39 Å². The second kappa shape index (κ2) is 24.7. The Morgan fingerprint density at radius 1 is 1.00 bits per heavy atom. The number of nitro benzene ring substituents is 1. The van der Waals surface area contributed by atoms with Gasteiger partial charge < -0.3 is 48.7 Å². The second-order valence-corrected chi connectivity index (χ2v) is 17.6. The number of hydrogen-bond acceptors (Lipinski definition) is 13. The molecule has 7 unspecified atom stereocenters. The number of non-ortho nitro benzene ring substituents is 1. The van der Waals surface area contributed by atoms with E-state index in [4.69, 9.17) is 33.7 Å². The normalized spacial score (nSPS) is 24.6. The fourth-order valence-corrected chi connectivity index (χ4v) is 10.2. The zero-order chi connectivity index (χ0) is 47.9. The van der Waals surface area contributed by atoms with Gasteiger partial charge in [0.2, 0.25) is 18.0 Å². The van der Waals surface area contributed by atoms with Gasteiger partial charge in [0.1, 0.15) is 30.0 Å². The van der Waals surface area contributed by atoms with Gasteiger partial charge >= 0.3 is 0 Å². The summed E-state index contributed by atoms with van der Waals surface area (Å²) in [5.74, 6) is -2.42. The van der Waals surface area contributed by atoms with Crippen molar-refractivity contribution in [3.63, 3.8) is 0 Å². The van der Waals surface area contributed by atoms with Gasteiger partial charge in [-0.05, 0) is 104 Å². The van der Waals surface area contributed by atoms with Crippen LogP contribution in [0.3, 0.4) is 0 Å². The van der Waals surface area contributed by atoms with Gasteiger partial charge in [-0.1, -0.05) is 48.3 Å². The molecule has 1 amide bonds. The molecule has 0 radical (unpaired) electrons. The standard InChI is InChI=1S/C52H64FN3O12/c1-2-28-66-52-47(55(24-30-63-31-27-59)48(60)23-18-36-16-19-39(20-17-36)56(61)62)34-45(54-68-49-15-7-10-29-64-49)42-32-37(11-5-8-25-57)41(13-6-9-26-58)50(51(42)52)43-33-40(21-22-46(43)67-52)65-35-38-12-3-4-14-44(38)53/h2-4,12,14,16-23,32-33,37,41,47,49-51,57-59H,1,5-11,13,15,24-31,34-35H2. The van der Waals surface area contributed by atoms with E-state index in [1.807, 2.05) is 12.1 Å². The summed E-state index contributed by atoms with van der Waals surface area (Å²) >= 11 is 0. The number of carbonyl (C=O) groups is 1. The minimum absolute atomic E-state index is 0.00999. The number of allylic oxidation sites excluding steroid dienone is 1. The van der Waals surface area contributed by atoms with E-state index in [1.54, 1.807) is 53.5 Å². The summed E-state index contributed by atoms with van der Waals surface area (Å²) < 4.78 is 47.3. The Bertz CT molecular complexity index is 2250. The molecule has 2 aliphatic carbocycles. The number of nitro groups is 1. The van der Waals surface area contributed by atoms with Gasteiger partial charge in [-0.3, -0.25) is 14.9 Å². The summed E-state index contributed by atoms with van der Waals surface area (Å²) in [6.45, 7) is 4.59. The number of aliphatic hydroxyl groups excluding tert-OH is 3. The number of carbonyl (C=O) groups excluding carboxylic acids is 1. The van der Waals surface area contributed by atoms with E-state index in [2.05, 4.69) is 12.7 Å². The van der Waals surface area contributed by atoms with Gasteiger partial charge in [0.05, 0.1) is 49.6 Å². The highest BCUT2D eigenvalue weighted by molar-refractivity contribution is 6.03. The lowest BCUT2D eigenvalue weighted by Crippen LogP contribution is -2.70. The summed E-state index contributed by atoms with van der Waals surface area (Å²) in [5.41, 5.74) is 3.15. The molecule has 7 rings (SSSR count). The number of fused-ring (bicyclic) bond motifs is 2. The Kier molecular flexibility index (Phi) is 18.3. The van der Waals surface area contributed by atoms with Crippen LogP contribution in [0.25, 0.3) is 6.08 Å². The fraction of sp³-hybridized carbons (Fsp3) is 0.500. The molecule has 3 aromatic carbocycles. The molecule has 16 heteroatoms. The van der Waals surface area contributed by atoms with Crippen LogP contribution in [0.1, 0.15) is 86.8 Å². The number of oxime groups is 1. The van der Waals surface area contributed by atoms with Crippen LogP contribution < -0.4 is 9.47 Å². The number of nitrogens with zero attached hydrogens (tertiary/aromatic N) is 3. The number of hydrogen-bond donors (Lipinski definition) is 3. The maximum absolute atomic E-state index is 14.9. The molecule has 3 N–H and O–H groups in total. The first-order valence-electron chi connectivity index (χ1n) is 23.8. The number of benzene rings is 3. The van der Waals surface area contributed by atoms with Crippen LogP contribution in [0, 0.1) is 33.7 Å². The number of halogens is 1. The third kappa shape index (κ3) is 12.0. The predicted octanol–water partition coefficient (Wildman–Crippen LogP) is 8.02. The van der Waals surface area contributed by atoms with Crippen LogP contribution in [0.4, 0.5) is 10.1 Å². The number of aliphatic hydroxyl groups is 3. The molecule has 2 aliphatic heterocycles. The second-order valence-electron chi connectivity index (χ2n) is 17.6. The lowest BCUT2D eigenvalue weighted by atomic mass is 9.55. The molecule has 0 spiro atoms. The average molecular weight is 942 g/mol. The summed E-state index contributed by atoms with van der Waals surface area (Å²) in [5, 5.41) is 45.9. The number of ether oxygens (including phenoxy) is 5. The van der Waals surface area contributed by atoms with Crippen molar-refractivity contribution in [2.24, 2.45) is 22.9 Å². The maximum Gasteiger partial charge on any atom is 0.269 e. The molecule has 2 heterocycles. The predicted molar refractivity (Wildman–Crippen MR) is 252 cm³/mol. The lowest BCUT2D eigenvalue weighted by molar-refractivity contribution is -0.384. The number of amides is 1. The van der Waals surface area contributed by atoms with Crippen molar-refractivity contribution >= 4 is 23.4 Å². The molecule has 4 aliphatic rings. The zero-order valence-corrected chi connectivity index (χ0v) is 38.5. The summed E-state index contributed by atoms with van der Waals surface area (Å²) in [4.78, 5) is 33.8. The molecule has 0 aromatic heterocycles. The first-order chi connectivity index (χ1) is 33.2. The quantitative estimate of drug-likeness (QED) is 0.0244. The Labute approximate surface area is 397 Å². The highest BCUT2D eigenvalue weighted by Crippen LogP contribution is 2.62. The minimum Gasteiger partial charge on any atom is -0.489 e. The van der Waals surface area contributed by atoms with Crippen molar-refractivity contribution in [1.29, 1.82) is 0 Å². The van der Waals surface area contributed by atoms with E-state index >= 15 is 0 Å². The van der Waals surface area contributed by atoms with Gasteiger partial charge in [0.15, 0.2) is 0 Å². The van der Waals surface area contributed by atoms with Crippen molar-refractivity contribution in [2.75, 3.05) is 52.8 Å². The molecule has 0 bridgehead atoms. The van der Waals surface area contributed by atoms with Crippen LogP contribution in [-0.4, -0.2) is 108 Å². The number of rotatable bonds is 25. The molecular formula is C52H64FN3O12. The molecule has 15 nitrogen and oxygen atoms in total. The van der Waals surface area contributed by atoms with Crippen LogP contribution in [0.15, 0.2) is 102 Å². The fourth-order valence-electron chi connectivity index (χ4n) is 10.2. The summed E-state index contributed by atoms with van der Waals surface area (Å²) in [6.07, 6.45) is 13.1. The first kappa shape index (κ1) is 50.4. The van der Waals surface area contributed by atoms with E-state index in [9.17, 15) is 34.6 Å². The van der Waals surface area contributed by atoms with E-state index in [-0.39, 0.29) is 88.5 Å². The van der Waals surface area contributed by atoms with Crippen molar-refractivity contribution in [1.82, 2.24) is 4.90 Å². The monoisotopic (exact) mass is 941 g/mol. The van der Waals surface area contributed by atoms with Crippen LogP contribution >= 0.6 is 0 Å².